The van der Waals surface area contributed by atoms with Crippen LogP contribution in [-0.2, 0) is 0 Å². The van der Waals surface area contributed by atoms with Gasteiger partial charge in [0.25, 0.3) is 0 Å². The number of benzene rings is 10. The van der Waals surface area contributed by atoms with Gasteiger partial charge in [0.2, 0.25) is 0 Å². The average molecular weight is 883 g/mol. The number of rotatable bonds is 7. The molecule has 0 atom stereocenters. The van der Waals surface area contributed by atoms with Crippen LogP contribution in [0.25, 0.3) is 139 Å². The molecular formula is C63H38N4O2. The lowest BCUT2D eigenvalue weighted by molar-refractivity contribution is 0.668. The van der Waals surface area contributed by atoms with Crippen molar-refractivity contribution >= 4 is 65.7 Å². The second kappa shape index (κ2) is 15.6. The van der Waals surface area contributed by atoms with Crippen molar-refractivity contribution in [3.8, 4) is 73.2 Å². The van der Waals surface area contributed by atoms with Gasteiger partial charge in [-0.15, -0.1) is 0 Å². The van der Waals surface area contributed by atoms with Gasteiger partial charge in [-0.3, -0.25) is 0 Å². The van der Waals surface area contributed by atoms with Crippen LogP contribution in [0.15, 0.2) is 239 Å². The van der Waals surface area contributed by atoms with Crippen LogP contribution in [-0.4, -0.2) is 19.5 Å². The van der Waals surface area contributed by atoms with Crippen LogP contribution in [0, 0.1) is 0 Å². The third-order valence-corrected chi connectivity index (χ3v) is 13.5. The quantitative estimate of drug-likeness (QED) is 0.159. The summed E-state index contributed by atoms with van der Waals surface area (Å²) >= 11 is 0. The van der Waals surface area contributed by atoms with E-state index in [0.717, 1.165) is 99.5 Å². The zero-order valence-corrected chi connectivity index (χ0v) is 37.0. The third kappa shape index (κ3) is 6.53. The summed E-state index contributed by atoms with van der Waals surface area (Å²) in [5.74, 6) is 1.68. The number of hydrogen-bond acceptors (Lipinski definition) is 5. The summed E-state index contributed by atoms with van der Waals surface area (Å²) in [5.41, 5.74) is 16.0. The minimum atomic E-state index is 0.552. The lowest BCUT2D eigenvalue weighted by atomic mass is 9.99. The summed E-state index contributed by atoms with van der Waals surface area (Å²) in [5, 5.41) is 6.44. The maximum absolute atomic E-state index is 6.74. The fourth-order valence-corrected chi connectivity index (χ4v) is 10.1. The summed E-state index contributed by atoms with van der Waals surface area (Å²) in [6, 6.07) is 80.5. The first-order valence-electron chi connectivity index (χ1n) is 23.2. The molecule has 0 saturated carbocycles. The van der Waals surface area contributed by atoms with Gasteiger partial charge >= 0.3 is 0 Å². The predicted molar refractivity (Wildman–Crippen MR) is 281 cm³/mol. The Morgan fingerprint density at radius 2 is 0.739 bits per heavy atom. The molecule has 6 heteroatoms. The Labute approximate surface area is 396 Å². The fraction of sp³-hybridized carbons (Fsp3) is 0. The molecular weight excluding hydrogens is 845 g/mol. The number of fused-ring (bicyclic) bond motifs is 9. The minimum absolute atomic E-state index is 0.552. The zero-order valence-electron chi connectivity index (χ0n) is 37.0. The molecule has 0 aliphatic rings. The first-order chi connectivity index (χ1) is 34.2. The molecule has 10 aromatic carbocycles. The summed E-state index contributed by atoms with van der Waals surface area (Å²) in [6.45, 7) is 0. The Bertz CT molecular complexity index is 4290. The van der Waals surface area contributed by atoms with Crippen LogP contribution in [0.5, 0.6) is 0 Å². The van der Waals surface area contributed by atoms with Crippen molar-refractivity contribution in [2.75, 3.05) is 0 Å². The van der Waals surface area contributed by atoms with E-state index in [1.54, 1.807) is 0 Å². The van der Waals surface area contributed by atoms with Gasteiger partial charge in [0.1, 0.15) is 22.3 Å². The zero-order chi connectivity index (χ0) is 45.4. The van der Waals surface area contributed by atoms with E-state index in [-0.39, 0.29) is 0 Å². The maximum Gasteiger partial charge on any atom is 0.164 e. The van der Waals surface area contributed by atoms with Crippen LogP contribution in [0.4, 0.5) is 0 Å². The first-order valence-corrected chi connectivity index (χ1v) is 23.2. The van der Waals surface area contributed by atoms with Crippen LogP contribution in [0.3, 0.4) is 0 Å². The second-order valence-electron chi connectivity index (χ2n) is 17.6. The molecule has 4 aromatic heterocycles. The lowest BCUT2D eigenvalue weighted by Crippen LogP contribution is -2.00. The minimum Gasteiger partial charge on any atom is -0.456 e. The van der Waals surface area contributed by atoms with E-state index in [1.807, 2.05) is 42.5 Å². The largest absolute Gasteiger partial charge is 0.456 e. The van der Waals surface area contributed by atoms with Gasteiger partial charge in [0, 0.05) is 54.7 Å². The molecule has 0 fully saturated rings. The maximum atomic E-state index is 6.74. The van der Waals surface area contributed by atoms with Gasteiger partial charge in [-0.2, -0.15) is 0 Å². The molecule has 0 aliphatic heterocycles. The van der Waals surface area contributed by atoms with Crippen LogP contribution >= 0.6 is 0 Å². The number of para-hydroxylation sites is 2. The van der Waals surface area contributed by atoms with Crippen LogP contribution < -0.4 is 0 Å². The van der Waals surface area contributed by atoms with Crippen molar-refractivity contribution in [2.45, 2.75) is 0 Å². The van der Waals surface area contributed by atoms with Gasteiger partial charge in [0.15, 0.2) is 17.5 Å². The Hall–Kier alpha value is -9.39. The van der Waals surface area contributed by atoms with E-state index in [1.165, 1.54) is 21.9 Å². The van der Waals surface area contributed by atoms with Gasteiger partial charge in [-0.25, -0.2) is 15.0 Å². The lowest BCUT2D eigenvalue weighted by Gasteiger charge is -2.10. The first kappa shape index (κ1) is 38.8. The van der Waals surface area contributed by atoms with Crippen molar-refractivity contribution in [2.24, 2.45) is 0 Å². The van der Waals surface area contributed by atoms with Crippen molar-refractivity contribution in [3.63, 3.8) is 0 Å². The van der Waals surface area contributed by atoms with E-state index < -0.39 is 0 Å². The van der Waals surface area contributed by atoms with Gasteiger partial charge in [0.05, 0.1) is 11.0 Å². The van der Waals surface area contributed by atoms with Gasteiger partial charge in [-0.1, -0.05) is 158 Å². The smallest absolute Gasteiger partial charge is 0.164 e. The van der Waals surface area contributed by atoms with Crippen LogP contribution in [0.2, 0.25) is 0 Å². The molecule has 4 heterocycles. The number of hydrogen-bond donors (Lipinski definition) is 0. The number of nitrogens with zero attached hydrogens (tertiary/aromatic N) is 4. The highest BCUT2D eigenvalue weighted by molar-refractivity contribution is 6.14. The molecule has 0 spiro atoms. The van der Waals surface area contributed by atoms with Crippen molar-refractivity contribution in [3.05, 3.63) is 231 Å². The van der Waals surface area contributed by atoms with E-state index in [2.05, 4.69) is 193 Å². The van der Waals surface area contributed by atoms with Crippen molar-refractivity contribution < 1.29 is 8.83 Å². The summed E-state index contributed by atoms with van der Waals surface area (Å²) in [4.78, 5) is 15.6. The normalized spacial score (nSPS) is 11.8. The molecule has 0 unspecified atom stereocenters. The molecule has 6 nitrogen and oxygen atoms in total. The number of furan rings is 2. The molecule has 0 radical (unpaired) electrons. The Balaban J connectivity index is 0.905. The molecule has 69 heavy (non-hydrogen) atoms. The van der Waals surface area contributed by atoms with Gasteiger partial charge in [-0.05, 0) is 106 Å². The molecule has 0 N–H and O–H groups in total. The fourth-order valence-electron chi connectivity index (χ4n) is 10.1. The Morgan fingerprint density at radius 3 is 1.48 bits per heavy atom. The average Bonchev–Trinajstić information content (AvgIpc) is 4.10. The molecule has 0 bridgehead atoms. The highest BCUT2D eigenvalue weighted by Gasteiger charge is 2.20. The van der Waals surface area contributed by atoms with E-state index >= 15 is 0 Å². The Morgan fingerprint density at radius 1 is 0.275 bits per heavy atom. The summed E-state index contributed by atoms with van der Waals surface area (Å²) in [7, 11) is 0. The molecule has 14 aromatic rings. The van der Waals surface area contributed by atoms with Crippen molar-refractivity contribution in [1.29, 1.82) is 0 Å². The summed E-state index contributed by atoms with van der Waals surface area (Å²) in [6.07, 6.45) is 0. The van der Waals surface area contributed by atoms with Crippen molar-refractivity contribution in [1.82, 2.24) is 19.5 Å². The highest BCUT2D eigenvalue weighted by Crippen LogP contribution is 2.41. The molecule has 14 rings (SSSR count). The van der Waals surface area contributed by atoms with E-state index in [0.29, 0.717) is 17.5 Å². The molecule has 0 saturated heterocycles. The molecule has 0 aliphatic carbocycles. The molecule has 0 amide bonds. The SMILES string of the molecule is c1ccc(-c2ccc(-c3nc(-c4ccc5c(c4)oc4ccccc45)nc(-c4cccc5oc6cc(-c7ccc8c(c7)c7cc(-c9ccccc9)ccc7n8-c7ccccc7)ccc6c45)n3)cc2)cc1. The highest BCUT2D eigenvalue weighted by atomic mass is 16.3. The third-order valence-electron chi connectivity index (χ3n) is 13.5. The number of aromatic nitrogens is 4. The summed E-state index contributed by atoms with van der Waals surface area (Å²) < 4.78 is 15.4. The topological polar surface area (TPSA) is 69.9 Å². The van der Waals surface area contributed by atoms with Crippen LogP contribution in [0.1, 0.15) is 0 Å². The van der Waals surface area contributed by atoms with Gasteiger partial charge < -0.3 is 13.4 Å². The standard InChI is InChI=1S/C63H38N4O2/c1-4-13-39(14-5-1)41-23-25-42(26-24-41)61-64-62(46-28-31-49-48-19-10-11-21-56(48)68-58(49)38-46)66-63(65-61)51-20-12-22-57-60(51)50-32-27-45(37-59(50)69-57)44-30-34-55-53(36-44)52-35-43(40-15-6-2-7-16-40)29-33-54(52)67(55)47-17-8-3-9-18-47/h1-38H. The molecule has 322 valence electrons. The van der Waals surface area contributed by atoms with E-state index in [4.69, 9.17) is 23.8 Å². The van der Waals surface area contributed by atoms with E-state index in [9.17, 15) is 0 Å². The monoisotopic (exact) mass is 882 g/mol. The Kier molecular flexibility index (Phi) is 8.79. The second-order valence-corrected chi connectivity index (χ2v) is 17.6. The predicted octanol–water partition coefficient (Wildman–Crippen LogP) is 16.8.